The second kappa shape index (κ2) is 4.38. The number of aliphatic hydroxyl groups excluding tert-OH is 1. The van der Waals surface area contributed by atoms with Gasteiger partial charge in [-0.1, -0.05) is 0 Å². The van der Waals surface area contributed by atoms with E-state index in [4.69, 9.17) is 16.2 Å². The summed E-state index contributed by atoms with van der Waals surface area (Å²) in [5.74, 6) is 0.381. The van der Waals surface area contributed by atoms with E-state index in [9.17, 15) is 4.79 Å². The van der Waals surface area contributed by atoms with Gasteiger partial charge in [-0.2, -0.15) is 0 Å². The maximum Gasteiger partial charge on any atom is 0.227 e. The minimum absolute atomic E-state index is 0.0440. The first kappa shape index (κ1) is 12.5. The molecule has 0 aliphatic heterocycles. The van der Waals surface area contributed by atoms with Crippen molar-refractivity contribution in [3.05, 3.63) is 28.5 Å². The Morgan fingerprint density at radius 2 is 2.11 bits per heavy atom. The molecule has 0 bridgehead atoms. The molecule has 18 heavy (non-hydrogen) atoms. The fourth-order valence-electron chi connectivity index (χ4n) is 2.08. The largest absolute Gasteiger partial charge is 0.396 e. The van der Waals surface area contributed by atoms with E-state index < -0.39 is 0 Å². The minimum atomic E-state index is -0.281. The number of nitrogens with one attached hydrogen (secondary N) is 1. The predicted molar refractivity (Wildman–Crippen MR) is 66.7 cm³/mol. The summed E-state index contributed by atoms with van der Waals surface area (Å²) in [5, 5.41) is 16.8. The first-order chi connectivity index (χ1) is 8.49. The van der Waals surface area contributed by atoms with E-state index in [-0.39, 0.29) is 23.8 Å². The molecular weight excluding hydrogens is 232 g/mol. The fourth-order valence-corrected chi connectivity index (χ4v) is 2.08. The molecule has 1 heterocycles. The van der Waals surface area contributed by atoms with Crippen molar-refractivity contribution in [3.63, 3.8) is 0 Å². The molecule has 0 fully saturated rings. The number of allylic oxidation sites excluding steroid dienone is 2. The van der Waals surface area contributed by atoms with Crippen LogP contribution in [0.3, 0.4) is 0 Å². The van der Waals surface area contributed by atoms with Crippen molar-refractivity contribution in [2.24, 2.45) is 5.73 Å². The maximum atomic E-state index is 12.2. The number of Topliss-reactive ketones (excluding diaryl/α,β-unsaturated/α-hetero) is 1. The minimum Gasteiger partial charge on any atom is -0.396 e. The lowest BCUT2D eigenvalue weighted by atomic mass is 9.95. The van der Waals surface area contributed by atoms with Crippen molar-refractivity contribution in [1.29, 1.82) is 5.41 Å². The first-order valence-corrected chi connectivity index (χ1v) is 5.77. The van der Waals surface area contributed by atoms with Crippen molar-refractivity contribution in [2.75, 3.05) is 6.61 Å². The lowest BCUT2D eigenvalue weighted by Crippen LogP contribution is -2.27. The van der Waals surface area contributed by atoms with Crippen LogP contribution in [0, 0.1) is 12.3 Å². The van der Waals surface area contributed by atoms with Crippen molar-refractivity contribution in [2.45, 2.75) is 26.8 Å². The molecule has 1 aromatic heterocycles. The van der Waals surface area contributed by atoms with Crippen molar-refractivity contribution >= 4 is 11.5 Å². The van der Waals surface area contributed by atoms with Crippen molar-refractivity contribution in [3.8, 4) is 0 Å². The zero-order chi connectivity index (χ0) is 13.4. The zero-order valence-corrected chi connectivity index (χ0v) is 10.4. The van der Waals surface area contributed by atoms with Crippen molar-refractivity contribution in [1.82, 2.24) is 9.55 Å². The van der Waals surface area contributed by atoms with Crippen LogP contribution >= 0.6 is 0 Å². The summed E-state index contributed by atoms with van der Waals surface area (Å²) in [6.07, 6.45) is 0.535. The van der Waals surface area contributed by atoms with Crippen LogP contribution in [0.25, 0.3) is 0 Å². The Kier molecular flexibility index (Phi) is 3.04. The average molecular weight is 248 g/mol. The third-order valence-corrected chi connectivity index (χ3v) is 3.17. The van der Waals surface area contributed by atoms with E-state index in [1.165, 1.54) is 0 Å². The maximum absolute atomic E-state index is 12.2. The number of nitrogens with two attached hydrogens (primary N) is 1. The number of aromatic nitrogens is 2. The van der Waals surface area contributed by atoms with Gasteiger partial charge in [0.2, 0.25) is 5.78 Å². The summed E-state index contributed by atoms with van der Waals surface area (Å²) in [4.78, 5) is 16.4. The molecule has 0 amide bonds. The van der Waals surface area contributed by atoms with Crippen LogP contribution in [0.4, 0.5) is 0 Å². The van der Waals surface area contributed by atoms with Gasteiger partial charge >= 0.3 is 0 Å². The summed E-state index contributed by atoms with van der Waals surface area (Å²) in [5.41, 5.74) is 7.28. The lowest BCUT2D eigenvalue weighted by Gasteiger charge is -2.16. The molecule has 1 aromatic rings. The number of imidazole rings is 1. The van der Waals surface area contributed by atoms with Gasteiger partial charge in [0, 0.05) is 18.7 Å². The van der Waals surface area contributed by atoms with E-state index in [2.05, 4.69) is 4.98 Å². The van der Waals surface area contributed by atoms with Crippen LogP contribution in [0.2, 0.25) is 0 Å². The highest BCUT2D eigenvalue weighted by Crippen LogP contribution is 2.24. The molecule has 0 radical (unpaired) electrons. The Balaban J connectivity index is 2.57. The fraction of sp³-hybridized carbons (Fsp3) is 0.417. The Morgan fingerprint density at radius 3 is 2.72 bits per heavy atom. The second-order valence-corrected chi connectivity index (χ2v) is 4.33. The van der Waals surface area contributed by atoms with Crippen LogP contribution in [0.1, 0.15) is 35.4 Å². The van der Waals surface area contributed by atoms with Crippen LogP contribution < -0.4 is 5.73 Å². The van der Waals surface area contributed by atoms with Gasteiger partial charge in [0.1, 0.15) is 17.2 Å². The van der Waals surface area contributed by atoms with E-state index in [0.717, 1.165) is 0 Å². The number of rotatable bonds is 3. The molecule has 0 spiro atoms. The number of ketones is 1. The number of aryl methyl sites for hydroxylation is 1. The number of carbonyl (C=O) groups excluding carboxylic acids is 1. The summed E-state index contributed by atoms with van der Waals surface area (Å²) in [6, 6.07) is 0. The molecule has 4 N–H and O–H groups in total. The number of hydrogen-bond donors (Lipinski definition) is 3. The summed E-state index contributed by atoms with van der Waals surface area (Å²) < 4.78 is 1.72. The molecule has 6 nitrogen and oxygen atoms in total. The molecule has 2 rings (SSSR count). The molecule has 0 atom stereocenters. The molecular formula is C12H16N4O2. The quantitative estimate of drug-likeness (QED) is 0.718. The lowest BCUT2D eigenvalue weighted by molar-refractivity contribution is 0.102. The summed E-state index contributed by atoms with van der Waals surface area (Å²) >= 11 is 0. The Morgan fingerprint density at radius 1 is 1.44 bits per heavy atom. The SMILES string of the molecule is CC1=C(N)C(=O)c2c(nc(C)n2CCCO)C1=N. The predicted octanol–water partition coefficient (Wildman–Crippen LogP) is 0.371. The Bertz CT molecular complexity index is 569. The number of hydrogen-bond acceptors (Lipinski definition) is 5. The van der Waals surface area contributed by atoms with E-state index >= 15 is 0 Å². The zero-order valence-electron chi connectivity index (χ0n) is 10.4. The van der Waals surface area contributed by atoms with Crippen molar-refractivity contribution < 1.29 is 9.90 Å². The van der Waals surface area contributed by atoms with Crippen LogP contribution in [0.15, 0.2) is 11.3 Å². The van der Waals surface area contributed by atoms with Gasteiger partial charge in [-0.05, 0) is 20.3 Å². The summed E-state index contributed by atoms with van der Waals surface area (Å²) in [7, 11) is 0. The normalized spacial score (nSPS) is 15.3. The molecule has 0 unspecified atom stereocenters. The number of aliphatic hydroxyl groups is 1. The van der Waals surface area contributed by atoms with Crippen LogP contribution in [-0.4, -0.2) is 32.8 Å². The molecule has 0 saturated carbocycles. The number of carbonyl (C=O) groups is 1. The molecule has 0 saturated heterocycles. The summed E-state index contributed by atoms with van der Waals surface area (Å²) in [6.45, 7) is 3.97. The van der Waals surface area contributed by atoms with Crippen LogP contribution in [-0.2, 0) is 6.54 Å². The van der Waals surface area contributed by atoms with Crippen LogP contribution in [0.5, 0.6) is 0 Å². The first-order valence-electron chi connectivity index (χ1n) is 5.77. The van der Waals surface area contributed by atoms with Gasteiger partial charge in [0.05, 0.1) is 11.4 Å². The highest BCUT2D eigenvalue weighted by molar-refractivity contribution is 6.25. The topological polar surface area (TPSA) is 105 Å². The average Bonchev–Trinajstić information content (AvgIpc) is 2.68. The molecule has 1 aliphatic carbocycles. The molecule has 96 valence electrons. The third-order valence-electron chi connectivity index (χ3n) is 3.17. The number of fused-ring (bicyclic) bond motifs is 1. The second-order valence-electron chi connectivity index (χ2n) is 4.33. The van der Waals surface area contributed by atoms with Gasteiger partial charge < -0.3 is 15.4 Å². The molecule has 0 aromatic carbocycles. The van der Waals surface area contributed by atoms with E-state index in [0.29, 0.717) is 35.8 Å². The van der Waals surface area contributed by atoms with E-state index in [1.54, 1.807) is 18.4 Å². The Labute approximate surface area is 105 Å². The highest BCUT2D eigenvalue weighted by Gasteiger charge is 2.31. The number of nitrogens with zero attached hydrogens (tertiary/aromatic N) is 2. The standard InChI is InChI=1S/C12H16N4O2/c1-6-8(13)10-11(12(18)9(6)14)16(4-3-5-17)7(2)15-10/h13,17H,3-5,14H2,1-2H3. The Hall–Kier alpha value is -1.95. The van der Waals surface area contributed by atoms with Gasteiger partial charge in [0.15, 0.2) is 0 Å². The monoisotopic (exact) mass is 248 g/mol. The highest BCUT2D eigenvalue weighted by atomic mass is 16.3. The van der Waals surface area contributed by atoms with Gasteiger partial charge in [-0.25, -0.2) is 4.98 Å². The smallest absolute Gasteiger partial charge is 0.227 e. The molecule has 1 aliphatic rings. The third kappa shape index (κ3) is 1.65. The van der Waals surface area contributed by atoms with E-state index in [1.807, 2.05) is 0 Å². The van der Waals surface area contributed by atoms with Gasteiger partial charge in [-0.3, -0.25) is 10.2 Å². The molecule has 6 heteroatoms. The van der Waals surface area contributed by atoms with Gasteiger partial charge in [-0.15, -0.1) is 0 Å². The van der Waals surface area contributed by atoms with Gasteiger partial charge in [0.25, 0.3) is 0 Å².